The lowest BCUT2D eigenvalue weighted by Crippen LogP contribution is -2.57. The Bertz CT molecular complexity index is 1080. The van der Waals surface area contributed by atoms with E-state index in [9.17, 15) is 17.6 Å². The van der Waals surface area contributed by atoms with Crippen molar-refractivity contribution in [3.8, 4) is 5.75 Å². The van der Waals surface area contributed by atoms with Crippen LogP contribution in [0.3, 0.4) is 0 Å². The summed E-state index contributed by atoms with van der Waals surface area (Å²) in [6.45, 7) is 2.44. The van der Waals surface area contributed by atoms with E-state index in [0.717, 1.165) is 25.7 Å². The van der Waals surface area contributed by atoms with Crippen LogP contribution in [-0.4, -0.2) is 53.4 Å². The summed E-state index contributed by atoms with van der Waals surface area (Å²) in [5.41, 5.74) is -0.494. The van der Waals surface area contributed by atoms with E-state index in [2.05, 4.69) is 9.88 Å². The van der Waals surface area contributed by atoms with Crippen LogP contribution in [0, 0.1) is 5.82 Å². The van der Waals surface area contributed by atoms with Crippen molar-refractivity contribution < 1.29 is 27.0 Å². The van der Waals surface area contributed by atoms with Gasteiger partial charge in [-0.05, 0) is 12.1 Å². The van der Waals surface area contributed by atoms with Crippen molar-refractivity contribution in [3.05, 3.63) is 35.9 Å². The van der Waals surface area contributed by atoms with Gasteiger partial charge in [0.1, 0.15) is 0 Å². The van der Waals surface area contributed by atoms with Crippen LogP contribution in [-0.2, 0) is 17.5 Å². The average molecular weight is 409 g/mol. The fourth-order valence-corrected chi connectivity index (χ4v) is 4.51. The minimum absolute atomic E-state index is 0.00399. The maximum atomic E-state index is 14.3. The standard InChI is InChI=1S/C20H19F4N3O2/c1-28-17-8-16-14(7-15(17)21)13-2-3-25-19(20(22,23)24)18(13)27(16)5-4-26-9-11-6-12(10-26)29-11/h2-3,7-8,11-12H,4-6,9-10H2,1H3. The Morgan fingerprint density at radius 1 is 1.17 bits per heavy atom. The molecule has 3 saturated heterocycles. The van der Waals surface area contributed by atoms with Crippen molar-refractivity contribution >= 4 is 21.8 Å². The number of piperidine rings is 1. The summed E-state index contributed by atoms with van der Waals surface area (Å²) in [5, 5.41) is 0.740. The number of hydrogen-bond acceptors (Lipinski definition) is 4. The molecule has 0 saturated carbocycles. The van der Waals surface area contributed by atoms with E-state index in [1.54, 1.807) is 4.57 Å². The number of morpholine rings is 1. The van der Waals surface area contributed by atoms with Crippen LogP contribution in [0.25, 0.3) is 21.8 Å². The molecular weight excluding hydrogens is 390 g/mol. The lowest BCUT2D eigenvalue weighted by molar-refractivity contribution is -0.180. The van der Waals surface area contributed by atoms with Crippen molar-refractivity contribution in [1.82, 2.24) is 14.5 Å². The zero-order valence-electron chi connectivity index (χ0n) is 15.7. The molecule has 154 valence electrons. The molecular formula is C20H19F4N3O2. The second-order valence-electron chi connectivity index (χ2n) is 7.58. The summed E-state index contributed by atoms with van der Waals surface area (Å²) < 4.78 is 67.7. The molecule has 5 nitrogen and oxygen atoms in total. The fourth-order valence-electron chi connectivity index (χ4n) is 4.51. The van der Waals surface area contributed by atoms with E-state index in [1.807, 2.05) is 0 Å². The molecule has 3 aliphatic heterocycles. The highest BCUT2D eigenvalue weighted by Gasteiger charge is 2.39. The van der Waals surface area contributed by atoms with Crippen molar-refractivity contribution in [1.29, 1.82) is 0 Å². The topological polar surface area (TPSA) is 39.5 Å². The van der Waals surface area contributed by atoms with Gasteiger partial charge in [0, 0.05) is 55.6 Å². The number of alkyl halides is 3. The number of fused-ring (bicyclic) bond motifs is 5. The third kappa shape index (κ3) is 3.03. The summed E-state index contributed by atoms with van der Waals surface area (Å²) in [4.78, 5) is 5.81. The minimum atomic E-state index is -4.62. The molecule has 2 unspecified atom stereocenters. The van der Waals surface area contributed by atoms with Gasteiger partial charge in [-0.2, -0.15) is 13.2 Å². The molecule has 29 heavy (non-hydrogen) atoms. The average Bonchev–Trinajstić information content (AvgIpc) is 2.97. The Hall–Kier alpha value is -2.39. The van der Waals surface area contributed by atoms with Crippen LogP contribution in [0.15, 0.2) is 24.4 Å². The molecule has 6 rings (SSSR count). The van der Waals surface area contributed by atoms with E-state index in [4.69, 9.17) is 9.47 Å². The first-order chi connectivity index (χ1) is 13.8. The first-order valence-electron chi connectivity index (χ1n) is 9.44. The van der Waals surface area contributed by atoms with Gasteiger partial charge in [0.2, 0.25) is 0 Å². The van der Waals surface area contributed by atoms with Gasteiger partial charge in [0.05, 0.1) is 30.4 Å². The molecule has 2 bridgehead atoms. The number of halogens is 4. The van der Waals surface area contributed by atoms with E-state index >= 15 is 0 Å². The van der Waals surface area contributed by atoms with Crippen LogP contribution >= 0.6 is 0 Å². The predicted molar refractivity (Wildman–Crippen MR) is 98.5 cm³/mol. The normalized spacial score (nSPS) is 22.2. The second kappa shape index (κ2) is 6.56. The number of ether oxygens (including phenoxy) is 2. The quantitative estimate of drug-likeness (QED) is 0.614. The number of aromatic nitrogens is 2. The summed E-state index contributed by atoms with van der Waals surface area (Å²) >= 11 is 0. The molecule has 3 fully saturated rings. The Morgan fingerprint density at radius 3 is 2.55 bits per heavy atom. The number of hydrogen-bond donors (Lipinski definition) is 0. The van der Waals surface area contributed by atoms with Gasteiger partial charge in [-0.3, -0.25) is 4.90 Å². The number of pyridine rings is 1. The van der Waals surface area contributed by atoms with Gasteiger partial charge in [-0.25, -0.2) is 9.37 Å². The lowest BCUT2D eigenvalue weighted by Gasteiger charge is -2.47. The van der Waals surface area contributed by atoms with Crippen LogP contribution in [0.4, 0.5) is 17.6 Å². The molecule has 2 aromatic heterocycles. The van der Waals surface area contributed by atoms with Crippen molar-refractivity contribution in [3.63, 3.8) is 0 Å². The summed E-state index contributed by atoms with van der Waals surface area (Å²) in [6, 6.07) is 4.19. The number of nitrogens with zero attached hydrogens (tertiary/aromatic N) is 3. The number of benzene rings is 1. The Kier molecular flexibility index (Phi) is 4.22. The summed E-state index contributed by atoms with van der Waals surface area (Å²) in [7, 11) is 1.33. The van der Waals surface area contributed by atoms with Gasteiger partial charge >= 0.3 is 6.18 Å². The molecule has 0 N–H and O–H groups in total. The molecule has 3 aromatic rings. The number of methoxy groups -OCH3 is 1. The van der Waals surface area contributed by atoms with Crippen LogP contribution in [0.2, 0.25) is 0 Å². The van der Waals surface area contributed by atoms with Gasteiger partial charge in [-0.15, -0.1) is 0 Å². The number of rotatable bonds is 4. The van der Waals surface area contributed by atoms with Crippen LogP contribution < -0.4 is 4.74 Å². The molecule has 3 aliphatic rings. The van der Waals surface area contributed by atoms with E-state index in [-0.39, 0.29) is 23.5 Å². The van der Waals surface area contributed by atoms with Gasteiger partial charge < -0.3 is 14.0 Å². The molecule has 5 heterocycles. The molecule has 0 aliphatic carbocycles. The van der Waals surface area contributed by atoms with Gasteiger partial charge in [0.15, 0.2) is 17.3 Å². The first-order valence-corrected chi connectivity index (χ1v) is 9.44. The monoisotopic (exact) mass is 409 g/mol. The van der Waals surface area contributed by atoms with E-state index < -0.39 is 17.7 Å². The van der Waals surface area contributed by atoms with Gasteiger partial charge in [0.25, 0.3) is 0 Å². The second-order valence-corrected chi connectivity index (χ2v) is 7.58. The van der Waals surface area contributed by atoms with E-state index in [1.165, 1.54) is 25.3 Å². The highest BCUT2D eigenvalue weighted by atomic mass is 19.4. The summed E-state index contributed by atoms with van der Waals surface area (Å²) in [6.07, 6.45) is -2.02. The SMILES string of the molecule is COc1cc2c(cc1F)c1ccnc(C(F)(F)F)c1n2CCN1CC2CC(C1)O2. The highest BCUT2D eigenvalue weighted by Crippen LogP contribution is 2.39. The molecule has 0 spiro atoms. The van der Waals surface area contributed by atoms with Gasteiger partial charge in [-0.1, -0.05) is 0 Å². The largest absolute Gasteiger partial charge is 0.494 e. The third-order valence-electron chi connectivity index (χ3n) is 5.79. The molecule has 1 aromatic carbocycles. The van der Waals surface area contributed by atoms with Crippen molar-refractivity contribution in [2.45, 2.75) is 31.3 Å². The van der Waals surface area contributed by atoms with Crippen LogP contribution in [0.1, 0.15) is 12.1 Å². The van der Waals surface area contributed by atoms with Crippen molar-refractivity contribution in [2.75, 3.05) is 26.7 Å². The zero-order valence-corrected chi connectivity index (χ0v) is 15.7. The fraction of sp³-hybridized carbons (Fsp3) is 0.450. The Labute approximate surface area is 163 Å². The third-order valence-corrected chi connectivity index (χ3v) is 5.79. The smallest absolute Gasteiger partial charge is 0.435 e. The first kappa shape index (κ1) is 18.6. The minimum Gasteiger partial charge on any atom is -0.494 e. The zero-order chi connectivity index (χ0) is 20.3. The van der Waals surface area contributed by atoms with Crippen LogP contribution in [0.5, 0.6) is 5.75 Å². The molecule has 2 atom stereocenters. The predicted octanol–water partition coefficient (Wildman–Crippen LogP) is 3.83. The molecule has 0 amide bonds. The Morgan fingerprint density at radius 2 is 1.90 bits per heavy atom. The molecule has 0 radical (unpaired) electrons. The Balaban J connectivity index is 1.65. The van der Waals surface area contributed by atoms with Crippen molar-refractivity contribution in [2.24, 2.45) is 0 Å². The van der Waals surface area contributed by atoms with E-state index in [0.29, 0.717) is 29.4 Å². The summed E-state index contributed by atoms with van der Waals surface area (Å²) in [5.74, 6) is -0.617. The molecule has 9 heteroatoms. The highest BCUT2D eigenvalue weighted by molar-refractivity contribution is 6.09. The lowest BCUT2D eigenvalue weighted by atomic mass is 9.99. The maximum Gasteiger partial charge on any atom is 0.435 e. The maximum absolute atomic E-state index is 14.3.